The second-order valence-corrected chi connectivity index (χ2v) is 4.24. The van der Waals surface area contributed by atoms with Crippen molar-refractivity contribution >= 4 is 5.82 Å². The van der Waals surface area contributed by atoms with Gasteiger partial charge >= 0.3 is 0 Å². The lowest BCUT2D eigenvalue weighted by Crippen LogP contribution is -2.14. The minimum atomic E-state index is 0.186. The molecule has 0 saturated heterocycles. The average molecular weight is 168 g/mol. The van der Waals surface area contributed by atoms with Gasteiger partial charge in [-0.15, -0.1) is 0 Å². The van der Waals surface area contributed by atoms with E-state index in [0.29, 0.717) is 11.7 Å². The zero-order chi connectivity index (χ0) is 9.35. The fourth-order valence-electron chi connectivity index (χ4n) is 0.935. The minimum absolute atomic E-state index is 0.186. The molecule has 0 saturated carbocycles. The van der Waals surface area contributed by atoms with E-state index >= 15 is 0 Å². The van der Waals surface area contributed by atoms with Gasteiger partial charge in [-0.3, -0.25) is 0 Å². The van der Waals surface area contributed by atoms with Gasteiger partial charge in [0.1, 0.15) is 5.76 Å². The molecule has 1 heterocycles. The number of rotatable bonds is 1. The summed E-state index contributed by atoms with van der Waals surface area (Å²) in [6, 6.07) is 1.79. The van der Waals surface area contributed by atoms with Crippen molar-refractivity contribution in [2.45, 2.75) is 33.6 Å². The first-order valence-electron chi connectivity index (χ1n) is 4.13. The van der Waals surface area contributed by atoms with Crippen LogP contribution in [0.15, 0.2) is 10.6 Å². The van der Waals surface area contributed by atoms with Crippen molar-refractivity contribution in [2.24, 2.45) is 5.41 Å². The Bertz CT molecular complexity index is 260. The van der Waals surface area contributed by atoms with Crippen LogP contribution in [-0.2, 0) is 0 Å². The topological polar surface area (TPSA) is 52.0 Å². The summed E-state index contributed by atoms with van der Waals surface area (Å²) in [6.45, 7) is 8.60. The van der Waals surface area contributed by atoms with Gasteiger partial charge in [-0.25, -0.2) is 0 Å². The third-order valence-corrected chi connectivity index (χ3v) is 2.27. The molecule has 1 unspecified atom stereocenters. The lowest BCUT2D eigenvalue weighted by atomic mass is 9.81. The average Bonchev–Trinajstić information content (AvgIpc) is 2.32. The van der Waals surface area contributed by atoms with E-state index in [1.54, 1.807) is 6.07 Å². The van der Waals surface area contributed by atoms with Crippen molar-refractivity contribution in [3.8, 4) is 0 Å². The number of nitrogens with zero attached hydrogens (tertiary/aromatic N) is 1. The van der Waals surface area contributed by atoms with E-state index < -0.39 is 0 Å². The minimum Gasteiger partial charge on any atom is -0.381 e. The quantitative estimate of drug-likeness (QED) is 0.700. The molecular weight excluding hydrogens is 152 g/mol. The maximum absolute atomic E-state index is 5.45. The molecule has 0 fully saturated rings. The Morgan fingerprint density at radius 3 is 2.42 bits per heavy atom. The van der Waals surface area contributed by atoms with Crippen molar-refractivity contribution < 1.29 is 4.52 Å². The number of hydrogen-bond acceptors (Lipinski definition) is 3. The Morgan fingerprint density at radius 1 is 1.50 bits per heavy atom. The highest BCUT2D eigenvalue weighted by atomic mass is 16.5. The number of nitrogen functional groups attached to an aromatic ring is 1. The fourth-order valence-corrected chi connectivity index (χ4v) is 0.935. The van der Waals surface area contributed by atoms with Crippen LogP contribution in [-0.4, -0.2) is 5.16 Å². The second kappa shape index (κ2) is 2.81. The third kappa shape index (κ3) is 1.78. The molecule has 0 bridgehead atoms. The molecule has 0 aliphatic rings. The lowest BCUT2D eigenvalue weighted by molar-refractivity contribution is 0.270. The van der Waals surface area contributed by atoms with Crippen LogP contribution in [0.5, 0.6) is 0 Å². The molecule has 3 heteroatoms. The largest absolute Gasteiger partial charge is 0.381 e. The summed E-state index contributed by atoms with van der Waals surface area (Å²) in [5, 5.41) is 3.65. The van der Waals surface area contributed by atoms with E-state index in [-0.39, 0.29) is 5.41 Å². The van der Waals surface area contributed by atoms with Crippen molar-refractivity contribution in [3.63, 3.8) is 0 Å². The van der Waals surface area contributed by atoms with Gasteiger partial charge in [0.25, 0.3) is 0 Å². The molecule has 0 amide bonds. The highest BCUT2D eigenvalue weighted by Gasteiger charge is 2.24. The van der Waals surface area contributed by atoms with Gasteiger partial charge in [0.2, 0.25) is 0 Å². The first-order valence-corrected chi connectivity index (χ1v) is 4.13. The van der Waals surface area contributed by atoms with Crippen molar-refractivity contribution in [1.29, 1.82) is 0 Å². The maximum atomic E-state index is 5.45. The van der Waals surface area contributed by atoms with E-state index in [1.165, 1.54) is 0 Å². The Hall–Kier alpha value is -0.990. The highest BCUT2D eigenvalue weighted by Crippen LogP contribution is 2.34. The molecule has 0 radical (unpaired) electrons. The first-order chi connectivity index (χ1) is 5.41. The third-order valence-electron chi connectivity index (χ3n) is 2.27. The Balaban J connectivity index is 2.85. The molecule has 1 atom stereocenters. The SMILES string of the molecule is CC(c1cc(N)no1)C(C)(C)C. The van der Waals surface area contributed by atoms with E-state index in [9.17, 15) is 0 Å². The smallest absolute Gasteiger partial charge is 0.167 e. The summed E-state index contributed by atoms with van der Waals surface area (Å²) < 4.78 is 5.08. The molecule has 1 aromatic heterocycles. The van der Waals surface area contributed by atoms with E-state index in [2.05, 4.69) is 32.9 Å². The molecule has 12 heavy (non-hydrogen) atoms. The summed E-state index contributed by atoms with van der Waals surface area (Å²) in [4.78, 5) is 0. The van der Waals surface area contributed by atoms with Crippen LogP contribution in [0.4, 0.5) is 5.82 Å². The molecule has 0 aliphatic carbocycles. The molecule has 1 rings (SSSR count). The monoisotopic (exact) mass is 168 g/mol. The Labute approximate surface area is 72.9 Å². The van der Waals surface area contributed by atoms with Gasteiger partial charge in [-0.1, -0.05) is 32.9 Å². The van der Waals surface area contributed by atoms with Crippen molar-refractivity contribution in [3.05, 3.63) is 11.8 Å². The summed E-state index contributed by atoms with van der Waals surface area (Å²) in [5.74, 6) is 1.66. The first kappa shape index (κ1) is 9.10. The molecular formula is C9H16N2O. The molecule has 0 aromatic carbocycles. The van der Waals surface area contributed by atoms with Crippen LogP contribution < -0.4 is 5.73 Å². The van der Waals surface area contributed by atoms with Crippen LogP contribution >= 0.6 is 0 Å². The van der Waals surface area contributed by atoms with Crippen LogP contribution in [0.25, 0.3) is 0 Å². The maximum Gasteiger partial charge on any atom is 0.167 e. The van der Waals surface area contributed by atoms with Crippen molar-refractivity contribution in [2.75, 3.05) is 5.73 Å². The zero-order valence-electron chi connectivity index (χ0n) is 8.09. The van der Waals surface area contributed by atoms with Crippen LogP contribution in [0.1, 0.15) is 39.4 Å². The summed E-state index contributed by atoms with van der Waals surface area (Å²) in [6.07, 6.45) is 0. The predicted octanol–water partition coefficient (Wildman–Crippen LogP) is 2.41. The number of aromatic nitrogens is 1. The Morgan fingerprint density at radius 2 is 2.08 bits per heavy atom. The van der Waals surface area contributed by atoms with Gasteiger partial charge in [0, 0.05) is 12.0 Å². The second-order valence-electron chi connectivity index (χ2n) is 4.24. The van der Waals surface area contributed by atoms with E-state index in [4.69, 9.17) is 10.3 Å². The normalized spacial score (nSPS) is 14.7. The summed E-state index contributed by atoms with van der Waals surface area (Å²) in [5.41, 5.74) is 5.64. The zero-order valence-corrected chi connectivity index (χ0v) is 8.09. The van der Waals surface area contributed by atoms with Crippen LogP contribution in [0, 0.1) is 5.41 Å². The molecule has 2 N–H and O–H groups in total. The Kier molecular flexibility index (Phi) is 2.13. The molecule has 0 spiro atoms. The number of anilines is 1. The van der Waals surface area contributed by atoms with Crippen LogP contribution in [0.2, 0.25) is 0 Å². The van der Waals surface area contributed by atoms with Crippen molar-refractivity contribution in [1.82, 2.24) is 5.16 Å². The lowest BCUT2D eigenvalue weighted by Gasteiger charge is -2.24. The van der Waals surface area contributed by atoms with Gasteiger partial charge in [-0.05, 0) is 5.41 Å². The van der Waals surface area contributed by atoms with Crippen LogP contribution in [0.3, 0.4) is 0 Å². The molecule has 68 valence electrons. The predicted molar refractivity (Wildman–Crippen MR) is 48.8 cm³/mol. The van der Waals surface area contributed by atoms with Gasteiger partial charge in [0.15, 0.2) is 5.82 Å². The van der Waals surface area contributed by atoms with Gasteiger partial charge in [0.05, 0.1) is 0 Å². The summed E-state index contributed by atoms with van der Waals surface area (Å²) >= 11 is 0. The number of nitrogens with two attached hydrogens (primary N) is 1. The van der Waals surface area contributed by atoms with E-state index in [1.807, 2.05) is 0 Å². The van der Waals surface area contributed by atoms with E-state index in [0.717, 1.165) is 5.76 Å². The molecule has 0 aliphatic heterocycles. The number of hydrogen-bond donors (Lipinski definition) is 1. The van der Waals surface area contributed by atoms with Gasteiger partial charge in [-0.2, -0.15) is 0 Å². The summed E-state index contributed by atoms with van der Waals surface area (Å²) in [7, 11) is 0. The fraction of sp³-hybridized carbons (Fsp3) is 0.667. The van der Waals surface area contributed by atoms with Gasteiger partial charge < -0.3 is 10.3 Å². The standard InChI is InChI=1S/C9H16N2O/c1-6(9(2,3)4)7-5-8(10)11-12-7/h5-6H,1-4H3,(H2,10,11). The molecule has 3 nitrogen and oxygen atoms in total. The highest BCUT2D eigenvalue weighted by molar-refractivity contribution is 5.28. The molecule has 1 aromatic rings.